The van der Waals surface area contributed by atoms with Gasteiger partial charge >= 0.3 is 0 Å². The number of aromatic nitrogens is 4. The molecule has 0 saturated heterocycles. The molecule has 3 N–H and O–H groups in total. The molecule has 0 fully saturated rings. The van der Waals surface area contributed by atoms with Gasteiger partial charge in [-0.3, -0.25) is 4.79 Å². The van der Waals surface area contributed by atoms with E-state index in [1.54, 1.807) is 12.1 Å². The number of hydrogen-bond donors (Lipinski definition) is 2. The summed E-state index contributed by atoms with van der Waals surface area (Å²) in [5, 5.41) is 0.521. The van der Waals surface area contributed by atoms with Gasteiger partial charge in [0.05, 0.1) is 5.69 Å². The van der Waals surface area contributed by atoms with Crippen molar-refractivity contribution in [1.29, 1.82) is 0 Å². The van der Waals surface area contributed by atoms with Crippen molar-refractivity contribution in [1.82, 2.24) is 19.9 Å². The standard InChI is InChI=1S/C9H9N5OS/c1-16-9-13-7(12-8(10)14-9)5-3-2-4-6(15)11-5/h2-4H,1H3,(H,11,15)(H2,10,12,13,14). The number of nitrogens with two attached hydrogens (primary N) is 1. The fourth-order valence-corrected chi connectivity index (χ4v) is 1.52. The zero-order valence-corrected chi connectivity index (χ0v) is 9.28. The Morgan fingerprint density at radius 3 is 2.81 bits per heavy atom. The van der Waals surface area contributed by atoms with Crippen molar-refractivity contribution in [2.24, 2.45) is 0 Å². The Bertz CT molecular complexity index is 568. The Morgan fingerprint density at radius 2 is 2.12 bits per heavy atom. The van der Waals surface area contributed by atoms with Crippen LogP contribution in [0.4, 0.5) is 5.95 Å². The molecule has 2 aromatic rings. The largest absolute Gasteiger partial charge is 0.368 e. The summed E-state index contributed by atoms with van der Waals surface area (Å²) in [7, 11) is 0. The number of nitrogens with zero attached hydrogens (tertiary/aromatic N) is 3. The minimum atomic E-state index is -0.206. The Hall–Kier alpha value is -1.89. The number of nitrogen functional groups attached to an aromatic ring is 1. The molecule has 0 aliphatic carbocycles. The smallest absolute Gasteiger partial charge is 0.248 e. The van der Waals surface area contributed by atoms with Gasteiger partial charge in [0, 0.05) is 6.07 Å². The summed E-state index contributed by atoms with van der Waals surface area (Å²) in [5.74, 6) is 0.508. The lowest BCUT2D eigenvalue weighted by Gasteiger charge is -2.02. The lowest BCUT2D eigenvalue weighted by Crippen LogP contribution is -2.07. The molecule has 2 rings (SSSR count). The van der Waals surface area contributed by atoms with Gasteiger partial charge in [0.15, 0.2) is 11.0 Å². The van der Waals surface area contributed by atoms with Gasteiger partial charge in [-0.1, -0.05) is 17.8 Å². The van der Waals surface area contributed by atoms with Crippen LogP contribution in [0.5, 0.6) is 0 Å². The summed E-state index contributed by atoms with van der Waals surface area (Å²) >= 11 is 1.36. The van der Waals surface area contributed by atoms with Crippen molar-refractivity contribution in [3.8, 4) is 11.5 Å². The molecule has 0 aromatic carbocycles. The van der Waals surface area contributed by atoms with Crippen LogP contribution in [0.15, 0.2) is 28.2 Å². The van der Waals surface area contributed by atoms with Crippen LogP contribution in [-0.4, -0.2) is 26.2 Å². The lowest BCUT2D eigenvalue weighted by atomic mass is 10.3. The predicted octanol–water partition coefficient (Wildman–Crippen LogP) is 0.531. The number of pyridine rings is 1. The quantitative estimate of drug-likeness (QED) is 0.737. The van der Waals surface area contributed by atoms with Gasteiger partial charge in [-0.05, 0) is 12.3 Å². The molecule has 2 aromatic heterocycles. The number of nitrogens with one attached hydrogen (secondary N) is 1. The highest BCUT2D eigenvalue weighted by Gasteiger charge is 2.06. The van der Waals surface area contributed by atoms with Crippen molar-refractivity contribution in [2.75, 3.05) is 12.0 Å². The average Bonchev–Trinajstić information content (AvgIpc) is 2.28. The maximum absolute atomic E-state index is 11.1. The van der Waals surface area contributed by atoms with Crippen LogP contribution in [0.2, 0.25) is 0 Å². The van der Waals surface area contributed by atoms with Crippen LogP contribution in [0.3, 0.4) is 0 Å². The second-order valence-electron chi connectivity index (χ2n) is 2.93. The molecule has 82 valence electrons. The van der Waals surface area contributed by atoms with Gasteiger partial charge in [0.1, 0.15) is 0 Å². The molecular weight excluding hydrogens is 226 g/mol. The number of aromatic amines is 1. The first-order valence-electron chi connectivity index (χ1n) is 4.44. The molecule has 0 aliphatic rings. The molecule has 0 amide bonds. The first-order chi connectivity index (χ1) is 7.69. The molecule has 0 bridgehead atoms. The average molecular weight is 235 g/mol. The zero-order chi connectivity index (χ0) is 11.5. The van der Waals surface area contributed by atoms with Crippen LogP contribution in [0.1, 0.15) is 0 Å². The van der Waals surface area contributed by atoms with E-state index < -0.39 is 0 Å². The van der Waals surface area contributed by atoms with Crippen molar-refractivity contribution in [3.05, 3.63) is 28.6 Å². The number of thioether (sulfide) groups is 1. The van der Waals surface area contributed by atoms with E-state index in [4.69, 9.17) is 5.73 Å². The van der Waals surface area contributed by atoms with Crippen LogP contribution in [0.25, 0.3) is 11.5 Å². The van der Waals surface area contributed by atoms with Gasteiger partial charge in [0.25, 0.3) is 0 Å². The van der Waals surface area contributed by atoms with E-state index in [0.717, 1.165) is 0 Å². The highest BCUT2D eigenvalue weighted by atomic mass is 32.2. The van der Waals surface area contributed by atoms with Gasteiger partial charge < -0.3 is 10.7 Å². The predicted molar refractivity (Wildman–Crippen MR) is 62.1 cm³/mol. The molecular formula is C9H9N5OS. The van der Waals surface area contributed by atoms with Crippen LogP contribution in [-0.2, 0) is 0 Å². The zero-order valence-electron chi connectivity index (χ0n) is 8.47. The maximum Gasteiger partial charge on any atom is 0.248 e. The fraction of sp³-hybridized carbons (Fsp3) is 0.111. The first-order valence-corrected chi connectivity index (χ1v) is 5.67. The molecule has 7 heteroatoms. The summed E-state index contributed by atoms with van der Waals surface area (Å²) in [6.45, 7) is 0. The molecule has 0 atom stereocenters. The summed E-state index contributed by atoms with van der Waals surface area (Å²) < 4.78 is 0. The monoisotopic (exact) mass is 235 g/mol. The Labute approximate surface area is 95.4 Å². The van der Waals surface area contributed by atoms with Crippen LogP contribution in [0, 0.1) is 0 Å². The highest BCUT2D eigenvalue weighted by Crippen LogP contribution is 2.15. The normalized spacial score (nSPS) is 10.3. The number of H-pyrrole nitrogens is 1. The molecule has 0 spiro atoms. The second kappa shape index (κ2) is 4.31. The van der Waals surface area contributed by atoms with E-state index in [0.29, 0.717) is 16.7 Å². The van der Waals surface area contributed by atoms with E-state index in [1.807, 2.05) is 6.26 Å². The van der Waals surface area contributed by atoms with E-state index in [9.17, 15) is 4.79 Å². The Balaban J connectivity index is 2.55. The maximum atomic E-state index is 11.1. The van der Waals surface area contributed by atoms with Crippen LogP contribution < -0.4 is 11.3 Å². The molecule has 16 heavy (non-hydrogen) atoms. The lowest BCUT2D eigenvalue weighted by molar-refractivity contribution is 0.920. The third-order valence-electron chi connectivity index (χ3n) is 1.82. The Kier molecular flexibility index (Phi) is 2.86. The minimum absolute atomic E-state index is 0.138. The molecule has 6 nitrogen and oxygen atoms in total. The van der Waals surface area contributed by atoms with E-state index in [2.05, 4.69) is 19.9 Å². The molecule has 0 saturated carbocycles. The number of hydrogen-bond acceptors (Lipinski definition) is 6. The SMILES string of the molecule is CSc1nc(N)nc(-c2cccc(=O)[nH]2)n1. The Morgan fingerprint density at radius 1 is 1.31 bits per heavy atom. The highest BCUT2D eigenvalue weighted by molar-refractivity contribution is 7.98. The van der Waals surface area contributed by atoms with Crippen molar-refractivity contribution in [3.63, 3.8) is 0 Å². The second-order valence-corrected chi connectivity index (χ2v) is 3.71. The molecule has 2 heterocycles. The molecule has 0 unspecified atom stereocenters. The van der Waals surface area contributed by atoms with Crippen LogP contribution >= 0.6 is 11.8 Å². The van der Waals surface area contributed by atoms with Gasteiger partial charge in [-0.15, -0.1) is 0 Å². The van der Waals surface area contributed by atoms with Crippen molar-refractivity contribution in [2.45, 2.75) is 5.16 Å². The molecule has 0 radical (unpaired) electrons. The third kappa shape index (κ3) is 2.19. The number of rotatable bonds is 2. The van der Waals surface area contributed by atoms with E-state index >= 15 is 0 Å². The summed E-state index contributed by atoms with van der Waals surface area (Å²) in [6, 6.07) is 4.76. The summed E-state index contributed by atoms with van der Waals surface area (Å²) in [6.07, 6.45) is 1.84. The summed E-state index contributed by atoms with van der Waals surface area (Å²) in [4.78, 5) is 25.8. The minimum Gasteiger partial charge on any atom is -0.368 e. The topological polar surface area (TPSA) is 97.5 Å². The first kappa shape index (κ1) is 10.6. The molecule has 0 aliphatic heterocycles. The van der Waals surface area contributed by atoms with Gasteiger partial charge in [0.2, 0.25) is 11.5 Å². The van der Waals surface area contributed by atoms with E-state index in [-0.39, 0.29) is 11.5 Å². The van der Waals surface area contributed by atoms with Crippen molar-refractivity contribution < 1.29 is 0 Å². The van der Waals surface area contributed by atoms with E-state index in [1.165, 1.54) is 17.8 Å². The third-order valence-corrected chi connectivity index (χ3v) is 2.37. The van der Waals surface area contributed by atoms with Gasteiger partial charge in [-0.25, -0.2) is 4.98 Å². The number of anilines is 1. The summed E-state index contributed by atoms with van der Waals surface area (Å²) in [5.41, 5.74) is 5.86. The fourth-order valence-electron chi connectivity index (χ4n) is 1.16. The van der Waals surface area contributed by atoms with Crippen molar-refractivity contribution >= 4 is 17.7 Å². The van der Waals surface area contributed by atoms with Gasteiger partial charge in [-0.2, -0.15) is 9.97 Å².